The lowest BCUT2D eigenvalue weighted by atomic mass is 10.1. The van der Waals surface area contributed by atoms with Crippen LogP contribution in [0.2, 0.25) is 0 Å². The summed E-state index contributed by atoms with van der Waals surface area (Å²) in [7, 11) is 1.51. The first-order chi connectivity index (χ1) is 13.0. The molecule has 2 aromatic heterocycles. The number of carbonyl (C=O) groups is 2. The first-order valence-corrected chi connectivity index (χ1v) is 8.44. The van der Waals surface area contributed by atoms with E-state index in [1.807, 2.05) is 0 Å². The van der Waals surface area contributed by atoms with E-state index in [0.29, 0.717) is 5.69 Å². The standard InChI is InChI=1S/C18H22N4O6/c1-18(2,3)28-16(26)20-13(15(24)25)9-11-5-6-12(10-19-11)22-14(23)7-8-21(4)17(22)27/h5-8,10,13H,9H2,1-4H3,(H,20,26)(H,24,25)/t13-/m0/s1. The molecule has 2 rings (SSSR count). The summed E-state index contributed by atoms with van der Waals surface area (Å²) in [4.78, 5) is 51.5. The van der Waals surface area contributed by atoms with Gasteiger partial charge < -0.3 is 19.7 Å². The van der Waals surface area contributed by atoms with Gasteiger partial charge in [-0.1, -0.05) is 0 Å². The number of aromatic nitrogens is 3. The Morgan fingerprint density at radius 1 is 1.25 bits per heavy atom. The molecule has 0 aliphatic rings. The number of aliphatic carboxylic acids is 1. The van der Waals surface area contributed by atoms with E-state index in [-0.39, 0.29) is 12.1 Å². The van der Waals surface area contributed by atoms with Gasteiger partial charge in [0, 0.05) is 31.4 Å². The van der Waals surface area contributed by atoms with Crippen molar-refractivity contribution in [2.75, 3.05) is 0 Å². The average molecular weight is 390 g/mol. The molecule has 0 spiro atoms. The zero-order chi connectivity index (χ0) is 21.1. The van der Waals surface area contributed by atoms with Gasteiger partial charge in [0.25, 0.3) is 5.56 Å². The summed E-state index contributed by atoms with van der Waals surface area (Å²) in [6.45, 7) is 5.00. The third kappa shape index (κ3) is 5.29. The van der Waals surface area contributed by atoms with Gasteiger partial charge in [-0.25, -0.2) is 19.0 Å². The SMILES string of the molecule is Cn1ccc(=O)n(-c2ccc(C[C@H](NC(=O)OC(C)(C)C)C(=O)O)nc2)c1=O. The molecule has 0 aromatic carbocycles. The fourth-order valence-electron chi connectivity index (χ4n) is 2.33. The molecule has 2 heterocycles. The van der Waals surface area contributed by atoms with Crippen molar-refractivity contribution in [3.63, 3.8) is 0 Å². The molecule has 0 unspecified atom stereocenters. The summed E-state index contributed by atoms with van der Waals surface area (Å²) in [5.74, 6) is -1.25. The third-order valence-electron chi connectivity index (χ3n) is 3.62. The molecule has 150 valence electrons. The topological polar surface area (TPSA) is 133 Å². The van der Waals surface area contributed by atoms with Crippen LogP contribution in [-0.4, -0.2) is 42.9 Å². The Morgan fingerprint density at radius 2 is 1.93 bits per heavy atom. The van der Waals surface area contributed by atoms with Crippen LogP contribution in [0.25, 0.3) is 5.69 Å². The van der Waals surface area contributed by atoms with Gasteiger partial charge in [-0.3, -0.25) is 9.78 Å². The molecule has 0 radical (unpaired) electrons. The summed E-state index contributed by atoms with van der Waals surface area (Å²) < 4.78 is 7.26. The van der Waals surface area contributed by atoms with E-state index in [1.54, 1.807) is 20.8 Å². The molecule has 1 atom stereocenters. The molecule has 2 aromatic rings. The van der Waals surface area contributed by atoms with Crippen molar-refractivity contribution < 1.29 is 19.4 Å². The quantitative estimate of drug-likeness (QED) is 0.757. The van der Waals surface area contributed by atoms with E-state index in [2.05, 4.69) is 10.3 Å². The van der Waals surface area contributed by atoms with Gasteiger partial charge >= 0.3 is 17.8 Å². The van der Waals surface area contributed by atoms with Crippen LogP contribution < -0.4 is 16.6 Å². The highest BCUT2D eigenvalue weighted by molar-refractivity contribution is 5.80. The number of carboxylic acids is 1. The first-order valence-electron chi connectivity index (χ1n) is 8.44. The summed E-state index contributed by atoms with van der Waals surface area (Å²) in [6.07, 6.45) is 1.71. The van der Waals surface area contributed by atoms with Crippen LogP contribution in [0.5, 0.6) is 0 Å². The number of carboxylic acid groups (broad SMARTS) is 1. The van der Waals surface area contributed by atoms with E-state index in [4.69, 9.17) is 4.74 Å². The number of alkyl carbamates (subject to hydrolysis) is 1. The molecule has 2 N–H and O–H groups in total. The normalized spacial score (nSPS) is 12.3. The lowest BCUT2D eigenvalue weighted by molar-refractivity contribution is -0.139. The smallest absolute Gasteiger partial charge is 0.408 e. The van der Waals surface area contributed by atoms with Gasteiger partial charge in [0.15, 0.2) is 0 Å². The number of aryl methyl sites for hydroxylation is 1. The molecular weight excluding hydrogens is 368 g/mol. The fourth-order valence-corrected chi connectivity index (χ4v) is 2.33. The Hall–Kier alpha value is -3.43. The van der Waals surface area contributed by atoms with Crippen LogP contribution in [-0.2, 0) is 23.0 Å². The van der Waals surface area contributed by atoms with Crippen molar-refractivity contribution in [2.24, 2.45) is 7.05 Å². The molecule has 10 heteroatoms. The van der Waals surface area contributed by atoms with Gasteiger partial charge in [0.1, 0.15) is 11.6 Å². The minimum absolute atomic E-state index is 0.101. The fraction of sp³-hybridized carbons (Fsp3) is 0.389. The molecule has 0 fully saturated rings. The van der Waals surface area contributed by atoms with Gasteiger partial charge in [-0.15, -0.1) is 0 Å². The first kappa shape index (κ1) is 20.9. The Kier molecular flexibility index (Phi) is 6.02. The molecule has 10 nitrogen and oxygen atoms in total. The highest BCUT2D eigenvalue weighted by atomic mass is 16.6. The molecule has 0 saturated carbocycles. The second-order valence-electron chi connectivity index (χ2n) is 7.13. The summed E-state index contributed by atoms with van der Waals surface area (Å²) >= 11 is 0. The second-order valence-corrected chi connectivity index (χ2v) is 7.13. The van der Waals surface area contributed by atoms with Gasteiger partial charge in [0.2, 0.25) is 0 Å². The van der Waals surface area contributed by atoms with E-state index in [0.717, 1.165) is 4.57 Å². The Morgan fingerprint density at radius 3 is 2.46 bits per heavy atom. The lowest BCUT2D eigenvalue weighted by Gasteiger charge is -2.21. The Labute approximate surface area is 160 Å². The number of ether oxygens (including phenoxy) is 1. The van der Waals surface area contributed by atoms with Crippen LogP contribution in [0.1, 0.15) is 26.5 Å². The van der Waals surface area contributed by atoms with E-state index in [1.165, 1.54) is 42.2 Å². The number of pyridine rings is 1. The van der Waals surface area contributed by atoms with Crippen molar-refractivity contribution in [1.82, 2.24) is 19.4 Å². The number of hydrogen-bond acceptors (Lipinski definition) is 6. The number of amides is 1. The van der Waals surface area contributed by atoms with E-state index >= 15 is 0 Å². The number of hydrogen-bond donors (Lipinski definition) is 2. The summed E-state index contributed by atoms with van der Waals surface area (Å²) in [5.41, 5.74) is -1.19. The molecule has 0 aliphatic carbocycles. The maximum absolute atomic E-state index is 12.1. The minimum Gasteiger partial charge on any atom is -0.480 e. The van der Waals surface area contributed by atoms with Crippen molar-refractivity contribution in [3.05, 3.63) is 57.1 Å². The van der Waals surface area contributed by atoms with Crippen LogP contribution >= 0.6 is 0 Å². The zero-order valence-corrected chi connectivity index (χ0v) is 16.0. The van der Waals surface area contributed by atoms with Crippen molar-refractivity contribution in [2.45, 2.75) is 38.8 Å². The number of nitrogens with one attached hydrogen (secondary N) is 1. The largest absolute Gasteiger partial charge is 0.480 e. The highest BCUT2D eigenvalue weighted by Gasteiger charge is 2.24. The van der Waals surface area contributed by atoms with Gasteiger partial charge in [-0.05, 0) is 32.9 Å². The zero-order valence-electron chi connectivity index (χ0n) is 16.0. The van der Waals surface area contributed by atoms with Crippen molar-refractivity contribution in [1.29, 1.82) is 0 Å². The highest BCUT2D eigenvalue weighted by Crippen LogP contribution is 2.09. The average Bonchev–Trinajstić information content (AvgIpc) is 2.57. The predicted octanol–water partition coefficient (Wildman–Crippen LogP) is 0.452. The van der Waals surface area contributed by atoms with Gasteiger partial charge in [-0.2, -0.15) is 0 Å². The number of rotatable bonds is 5. The van der Waals surface area contributed by atoms with E-state index in [9.17, 15) is 24.3 Å². The number of carbonyl (C=O) groups excluding carboxylic acids is 1. The summed E-state index contributed by atoms with van der Waals surface area (Å²) in [6, 6.07) is 2.97. The maximum Gasteiger partial charge on any atom is 0.408 e. The Balaban J connectivity index is 2.19. The minimum atomic E-state index is -1.25. The van der Waals surface area contributed by atoms with Crippen LogP contribution in [0.3, 0.4) is 0 Å². The van der Waals surface area contributed by atoms with E-state index < -0.39 is 35.0 Å². The van der Waals surface area contributed by atoms with Crippen molar-refractivity contribution in [3.8, 4) is 5.69 Å². The Bertz CT molecular complexity index is 985. The molecule has 1 amide bonds. The van der Waals surface area contributed by atoms with Crippen molar-refractivity contribution >= 4 is 12.1 Å². The van der Waals surface area contributed by atoms with Crippen LogP contribution in [0, 0.1) is 0 Å². The predicted molar refractivity (Wildman–Crippen MR) is 99.6 cm³/mol. The number of nitrogens with zero attached hydrogens (tertiary/aromatic N) is 3. The molecule has 0 saturated heterocycles. The molecule has 0 bridgehead atoms. The van der Waals surface area contributed by atoms with Gasteiger partial charge in [0.05, 0.1) is 11.9 Å². The third-order valence-corrected chi connectivity index (χ3v) is 3.62. The monoisotopic (exact) mass is 390 g/mol. The van der Waals surface area contributed by atoms with Crippen LogP contribution in [0.15, 0.2) is 40.2 Å². The maximum atomic E-state index is 12.1. The lowest BCUT2D eigenvalue weighted by Crippen LogP contribution is -2.44. The molecule has 0 aliphatic heterocycles. The molecular formula is C18H22N4O6. The van der Waals surface area contributed by atoms with Crippen LogP contribution in [0.4, 0.5) is 4.79 Å². The molecule has 28 heavy (non-hydrogen) atoms. The second kappa shape index (κ2) is 8.07. The summed E-state index contributed by atoms with van der Waals surface area (Å²) in [5, 5.41) is 11.6.